The van der Waals surface area contributed by atoms with Crippen molar-refractivity contribution in [2.45, 2.75) is 65.6 Å². The second-order valence-corrected chi connectivity index (χ2v) is 10.7. The van der Waals surface area contributed by atoms with E-state index < -0.39 is 29.6 Å². The molecule has 12 heteroatoms. The number of ether oxygens (including phenoxy) is 1. The molecule has 1 aliphatic rings. The Balaban J connectivity index is 1.52. The Morgan fingerprint density at radius 2 is 1.80 bits per heavy atom. The Labute approximate surface area is 237 Å². The zero-order valence-electron chi connectivity index (χ0n) is 23.6. The van der Waals surface area contributed by atoms with E-state index in [0.29, 0.717) is 24.2 Å². The lowest BCUT2D eigenvalue weighted by molar-refractivity contribution is -0.145. The summed E-state index contributed by atoms with van der Waals surface area (Å²) in [5.41, 5.74) is 2.67. The molecule has 0 aliphatic carbocycles. The van der Waals surface area contributed by atoms with Gasteiger partial charge in [0.05, 0.1) is 17.9 Å². The summed E-state index contributed by atoms with van der Waals surface area (Å²) in [4.78, 5) is 64.7. The Morgan fingerprint density at radius 1 is 1.07 bits per heavy atom. The molecule has 1 aliphatic heterocycles. The predicted molar refractivity (Wildman–Crippen MR) is 152 cm³/mol. The smallest absolute Gasteiger partial charge is 0.413 e. The molecular weight excluding hydrogens is 526 g/mol. The number of pyridine rings is 1. The minimum absolute atomic E-state index is 0.0352. The fourth-order valence-corrected chi connectivity index (χ4v) is 4.27. The van der Waals surface area contributed by atoms with E-state index in [2.05, 4.69) is 30.9 Å². The molecule has 3 heterocycles. The number of benzene rings is 1. The molecule has 0 unspecified atom stereocenters. The molecular formula is C29H33N7O5. The van der Waals surface area contributed by atoms with Crippen molar-refractivity contribution in [1.82, 2.24) is 19.9 Å². The second-order valence-electron chi connectivity index (χ2n) is 10.7. The van der Waals surface area contributed by atoms with Crippen LogP contribution in [0.1, 0.15) is 62.7 Å². The van der Waals surface area contributed by atoms with Gasteiger partial charge >= 0.3 is 17.9 Å². The molecule has 0 fully saturated rings. The minimum atomic E-state index is -0.868. The highest BCUT2D eigenvalue weighted by Gasteiger charge is 2.29. The third kappa shape index (κ3) is 7.62. The molecule has 1 atom stereocenters. The minimum Gasteiger partial charge on any atom is -0.444 e. The average molecular weight is 560 g/mol. The first kappa shape index (κ1) is 29.1. The Bertz CT molecular complexity index is 1470. The topological polar surface area (TPSA) is 156 Å². The predicted octanol–water partition coefficient (Wildman–Crippen LogP) is 4.14. The van der Waals surface area contributed by atoms with Crippen molar-refractivity contribution in [3.63, 3.8) is 0 Å². The van der Waals surface area contributed by atoms with Crippen LogP contribution >= 0.6 is 0 Å². The van der Waals surface area contributed by atoms with Gasteiger partial charge in [-0.05, 0) is 75.9 Å². The summed E-state index contributed by atoms with van der Waals surface area (Å²) in [6.07, 6.45) is 4.81. The van der Waals surface area contributed by atoms with E-state index in [1.165, 1.54) is 11.1 Å². The van der Waals surface area contributed by atoms with E-state index in [4.69, 9.17) is 4.74 Å². The monoisotopic (exact) mass is 559 g/mol. The maximum absolute atomic E-state index is 13.5. The lowest BCUT2D eigenvalue weighted by atomic mass is 10.00. The standard InChI is InChI=1S/C29H33N7O5/c1-17-13-21(15-32-24(17)35-28(40)41-29(3,4)5)33-26(38)27(39)36(18(2)25-30-11-6-12-31-25)16-19-7-9-22-20(14-19)8-10-23(37)34-22/h6-7,9,11-15,18H,8,10,16H2,1-5H3,(H,33,38)(H,34,37)(H,32,35,40)/t18-/m1/s1. The first-order valence-electron chi connectivity index (χ1n) is 13.2. The number of rotatable bonds is 6. The molecule has 4 amide bonds. The normalized spacial score (nSPS) is 13.3. The van der Waals surface area contributed by atoms with Crippen LogP contribution in [-0.4, -0.2) is 49.3 Å². The number of hydrogen-bond acceptors (Lipinski definition) is 8. The molecule has 0 saturated carbocycles. The molecule has 0 radical (unpaired) electrons. The lowest BCUT2D eigenvalue weighted by Crippen LogP contribution is -2.41. The van der Waals surface area contributed by atoms with Crippen LogP contribution in [0.15, 0.2) is 48.9 Å². The number of nitrogens with one attached hydrogen (secondary N) is 3. The Morgan fingerprint density at radius 3 is 2.49 bits per heavy atom. The van der Waals surface area contributed by atoms with Crippen LogP contribution in [0.4, 0.5) is 22.0 Å². The number of hydrogen-bond donors (Lipinski definition) is 3. The van der Waals surface area contributed by atoms with Gasteiger partial charge in [-0.25, -0.2) is 19.7 Å². The fraction of sp³-hybridized carbons (Fsp3) is 0.345. The number of carbonyl (C=O) groups is 4. The lowest BCUT2D eigenvalue weighted by Gasteiger charge is -2.28. The van der Waals surface area contributed by atoms with Crippen LogP contribution in [0.5, 0.6) is 0 Å². The van der Waals surface area contributed by atoms with Gasteiger partial charge in [0.1, 0.15) is 17.2 Å². The zero-order valence-corrected chi connectivity index (χ0v) is 23.6. The molecule has 2 aromatic heterocycles. The maximum atomic E-state index is 13.5. The van der Waals surface area contributed by atoms with Crippen molar-refractivity contribution < 1.29 is 23.9 Å². The van der Waals surface area contributed by atoms with Gasteiger partial charge in [0.25, 0.3) is 0 Å². The van der Waals surface area contributed by atoms with E-state index >= 15 is 0 Å². The van der Waals surface area contributed by atoms with E-state index in [1.807, 2.05) is 12.1 Å². The number of nitrogens with zero attached hydrogens (tertiary/aromatic N) is 4. The molecule has 3 N–H and O–H groups in total. The number of anilines is 3. The maximum Gasteiger partial charge on any atom is 0.413 e. The summed E-state index contributed by atoms with van der Waals surface area (Å²) >= 11 is 0. The number of aromatic nitrogens is 3. The first-order valence-corrected chi connectivity index (χ1v) is 13.2. The van der Waals surface area contributed by atoms with Gasteiger partial charge in [-0.3, -0.25) is 19.7 Å². The van der Waals surface area contributed by atoms with Gasteiger partial charge in [0.2, 0.25) is 5.91 Å². The van der Waals surface area contributed by atoms with Gasteiger partial charge in [-0.1, -0.05) is 12.1 Å². The molecule has 0 spiro atoms. The number of fused-ring (bicyclic) bond motifs is 1. The van der Waals surface area contributed by atoms with Crippen LogP contribution in [0.3, 0.4) is 0 Å². The van der Waals surface area contributed by atoms with Gasteiger partial charge < -0.3 is 20.3 Å². The van der Waals surface area contributed by atoms with Crippen molar-refractivity contribution >= 4 is 41.0 Å². The Kier molecular flexibility index (Phi) is 8.60. The molecule has 4 rings (SSSR count). The summed E-state index contributed by atoms with van der Waals surface area (Å²) in [6.45, 7) is 8.83. The third-order valence-corrected chi connectivity index (χ3v) is 6.26. The zero-order chi connectivity index (χ0) is 29.7. The summed E-state index contributed by atoms with van der Waals surface area (Å²) in [7, 11) is 0. The fourth-order valence-electron chi connectivity index (χ4n) is 4.27. The number of amides is 4. The highest BCUT2D eigenvalue weighted by atomic mass is 16.6. The Hall–Kier alpha value is -4.87. The first-order chi connectivity index (χ1) is 19.4. The highest BCUT2D eigenvalue weighted by Crippen LogP contribution is 2.27. The van der Waals surface area contributed by atoms with Gasteiger partial charge in [0.15, 0.2) is 0 Å². The average Bonchev–Trinajstić information content (AvgIpc) is 2.92. The van der Waals surface area contributed by atoms with Gasteiger partial charge in [-0.15, -0.1) is 0 Å². The van der Waals surface area contributed by atoms with Crippen molar-refractivity contribution in [3.05, 3.63) is 71.4 Å². The van der Waals surface area contributed by atoms with E-state index in [1.54, 1.807) is 65.2 Å². The largest absolute Gasteiger partial charge is 0.444 e. The molecule has 1 aromatic carbocycles. The van der Waals surface area contributed by atoms with Crippen LogP contribution < -0.4 is 16.0 Å². The van der Waals surface area contributed by atoms with Crippen molar-refractivity contribution in [2.24, 2.45) is 0 Å². The quantitative estimate of drug-likeness (QED) is 0.381. The van der Waals surface area contributed by atoms with Crippen molar-refractivity contribution in [2.75, 3.05) is 16.0 Å². The highest BCUT2D eigenvalue weighted by molar-refractivity contribution is 6.39. The summed E-state index contributed by atoms with van der Waals surface area (Å²) in [5, 5.41) is 8.03. The van der Waals surface area contributed by atoms with Crippen LogP contribution in [0.2, 0.25) is 0 Å². The molecule has 12 nitrogen and oxygen atoms in total. The second kappa shape index (κ2) is 12.1. The van der Waals surface area contributed by atoms with Crippen molar-refractivity contribution in [3.8, 4) is 0 Å². The van der Waals surface area contributed by atoms with Gasteiger partial charge in [0, 0.05) is 31.0 Å². The van der Waals surface area contributed by atoms with Crippen LogP contribution in [0, 0.1) is 6.92 Å². The number of aryl methyl sites for hydroxylation is 2. The number of carbonyl (C=O) groups excluding carboxylic acids is 4. The molecule has 0 bridgehead atoms. The summed E-state index contributed by atoms with van der Waals surface area (Å²) < 4.78 is 5.25. The van der Waals surface area contributed by atoms with Gasteiger partial charge in [-0.2, -0.15) is 0 Å². The van der Waals surface area contributed by atoms with E-state index in [9.17, 15) is 19.2 Å². The molecule has 214 valence electrons. The molecule has 41 heavy (non-hydrogen) atoms. The molecule has 0 saturated heterocycles. The third-order valence-electron chi connectivity index (χ3n) is 6.26. The van der Waals surface area contributed by atoms with Crippen LogP contribution in [-0.2, 0) is 32.1 Å². The van der Waals surface area contributed by atoms with E-state index in [0.717, 1.165) is 16.8 Å². The van der Waals surface area contributed by atoms with Crippen LogP contribution in [0.25, 0.3) is 0 Å². The van der Waals surface area contributed by atoms with Crippen molar-refractivity contribution in [1.29, 1.82) is 0 Å². The molecule has 3 aromatic rings. The summed E-state index contributed by atoms with van der Waals surface area (Å²) in [6, 6.07) is 8.18. The SMILES string of the molecule is Cc1cc(NC(=O)C(=O)N(Cc2ccc3c(c2)CCC(=O)N3)[C@H](C)c2ncccn2)cnc1NC(=O)OC(C)(C)C. The van der Waals surface area contributed by atoms with E-state index in [-0.39, 0.29) is 24.0 Å². The summed E-state index contributed by atoms with van der Waals surface area (Å²) in [5.74, 6) is -1.04.